The largest absolute Gasteiger partial charge is 0.385 e. The first-order valence-electron chi connectivity index (χ1n) is 6.65. The second kappa shape index (κ2) is 8.12. The number of nitrogens with one attached hydrogen (secondary N) is 1. The Balaban J connectivity index is 2.89. The van der Waals surface area contributed by atoms with Crippen LogP contribution in [0, 0.1) is 21.4 Å². The summed E-state index contributed by atoms with van der Waals surface area (Å²) in [6.45, 7) is 4.12. The molecule has 20 heavy (non-hydrogen) atoms. The summed E-state index contributed by atoms with van der Waals surface area (Å²) in [4.78, 5) is 12.5. The molecule has 0 aromatic heterocycles. The van der Waals surface area contributed by atoms with Gasteiger partial charge in [-0.3, -0.25) is 10.1 Å². The molecule has 0 spiro atoms. The minimum Gasteiger partial charge on any atom is -0.385 e. The van der Waals surface area contributed by atoms with Crippen molar-refractivity contribution in [2.24, 2.45) is 0 Å². The molecule has 1 rings (SSSR count). The predicted octanol–water partition coefficient (Wildman–Crippen LogP) is 2.76. The van der Waals surface area contributed by atoms with Gasteiger partial charge in [0, 0.05) is 43.9 Å². The molecule has 1 aromatic carbocycles. The maximum Gasteiger partial charge on any atom is 0.269 e. The van der Waals surface area contributed by atoms with E-state index in [1.165, 1.54) is 6.07 Å². The zero-order valence-corrected chi connectivity index (χ0v) is 11.9. The van der Waals surface area contributed by atoms with Gasteiger partial charge in [0.05, 0.1) is 11.0 Å². The molecule has 0 atom stereocenters. The third-order valence-electron chi connectivity index (χ3n) is 2.91. The first kappa shape index (κ1) is 15.9. The van der Waals surface area contributed by atoms with E-state index >= 15 is 0 Å². The Bertz CT molecular complexity index is 496. The minimum absolute atomic E-state index is 0.0933. The molecule has 0 fully saturated rings. The van der Waals surface area contributed by atoms with Crippen LogP contribution < -0.4 is 5.32 Å². The summed E-state index contributed by atoms with van der Waals surface area (Å²) < 4.78 is 0. The number of nitriles is 1. The summed E-state index contributed by atoms with van der Waals surface area (Å²) >= 11 is 0. The van der Waals surface area contributed by atoms with Crippen LogP contribution in [0.1, 0.15) is 25.3 Å². The molecule has 0 heterocycles. The highest BCUT2D eigenvalue weighted by Crippen LogP contribution is 2.23. The van der Waals surface area contributed by atoms with E-state index in [4.69, 9.17) is 5.26 Å². The quantitative estimate of drug-likeness (QED) is 0.583. The minimum atomic E-state index is -0.387. The Morgan fingerprint density at radius 1 is 1.50 bits per heavy atom. The van der Waals surface area contributed by atoms with Gasteiger partial charge in [-0.15, -0.1) is 0 Å². The SMILES string of the molecule is CCCNc1ccc([N+](=O)[O-])cc1CN(C)CCC#N. The summed E-state index contributed by atoms with van der Waals surface area (Å²) in [6.07, 6.45) is 1.43. The van der Waals surface area contributed by atoms with Crippen molar-refractivity contribution < 1.29 is 4.92 Å². The van der Waals surface area contributed by atoms with Gasteiger partial charge in [0.1, 0.15) is 0 Å². The van der Waals surface area contributed by atoms with E-state index in [1.807, 2.05) is 11.9 Å². The fourth-order valence-electron chi connectivity index (χ4n) is 1.87. The normalized spacial score (nSPS) is 10.3. The molecule has 0 amide bonds. The van der Waals surface area contributed by atoms with E-state index in [0.29, 0.717) is 19.5 Å². The predicted molar refractivity (Wildman–Crippen MR) is 78.4 cm³/mol. The van der Waals surface area contributed by atoms with E-state index in [-0.39, 0.29) is 10.6 Å². The molecular weight excluding hydrogens is 256 g/mol. The number of hydrogen-bond donors (Lipinski definition) is 1. The summed E-state index contributed by atoms with van der Waals surface area (Å²) in [7, 11) is 1.90. The molecule has 6 nitrogen and oxygen atoms in total. The summed E-state index contributed by atoms with van der Waals surface area (Å²) in [6, 6.07) is 6.96. The van der Waals surface area contributed by atoms with Gasteiger partial charge >= 0.3 is 0 Å². The number of rotatable bonds is 8. The second-order valence-corrected chi connectivity index (χ2v) is 4.67. The molecule has 0 saturated carbocycles. The van der Waals surface area contributed by atoms with Crippen molar-refractivity contribution in [1.82, 2.24) is 4.90 Å². The third kappa shape index (κ3) is 4.86. The van der Waals surface area contributed by atoms with Crippen LogP contribution in [-0.2, 0) is 6.54 Å². The van der Waals surface area contributed by atoms with E-state index in [9.17, 15) is 10.1 Å². The zero-order chi connectivity index (χ0) is 15.0. The number of nitro groups is 1. The summed E-state index contributed by atoms with van der Waals surface area (Å²) in [5, 5.41) is 22.7. The van der Waals surface area contributed by atoms with Crippen LogP contribution in [-0.4, -0.2) is 30.0 Å². The summed E-state index contributed by atoms with van der Waals surface area (Å²) in [5.74, 6) is 0. The molecular formula is C14H20N4O2. The Hall–Kier alpha value is -2.13. The van der Waals surface area contributed by atoms with Crippen LogP contribution in [0.4, 0.5) is 11.4 Å². The summed E-state index contributed by atoms with van der Waals surface area (Å²) in [5.41, 5.74) is 1.89. The highest BCUT2D eigenvalue weighted by atomic mass is 16.6. The Labute approximate surface area is 119 Å². The van der Waals surface area contributed by atoms with E-state index in [2.05, 4.69) is 18.3 Å². The molecule has 0 aliphatic rings. The highest BCUT2D eigenvalue weighted by Gasteiger charge is 2.12. The lowest BCUT2D eigenvalue weighted by molar-refractivity contribution is -0.384. The van der Waals surface area contributed by atoms with E-state index < -0.39 is 0 Å². The number of nitro benzene ring substituents is 1. The Kier molecular flexibility index (Phi) is 6.47. The topological polar surface area (TPSA) is 82.2 Å². The van der Waals surface area contributed by atoms with Gasteiger partial charge in [-0.1, -0.05) is 6.92 Å². The van der Waals surface area contributed by atoms with Crippen LogP contribution in [0.15, 0.2) is 18.2 Å². The van der Waals surface area contributed by atoms with Crippen molar-refractivity contribution in [3.63, 3.8) is 0 Å². The highest BCUT2D eigenvalue weighted by molar-refractivity contribution is 5.56. The van der Waals surface area contributed by atoms with Crippen LogP contribution in [0.2, 0.25) is 0 Å². The molecule has 108 valence electrons. The van der Waals surface area contributed by atoms with Crippen LogP contribution >= 0.6 is 0 Å². The van der Waals surface area contributed by atoms with Crippen LogP contribution in [0.3, 0.4) is 0 Å². The maximum absolute atomic E-state index is 10.9. The number of nitrogens with zero attached hydrogens (tertiary/aromatic N) is 3. The van der Waals surface area contributed by atoms with Crippen molar-refractivity contribution in [2.45, 2.75) is 26.3 Å². The molecule has 0 aliphatic heterocycles. The molecule has 0 unspecified atom stereocenters. The third-order valence-corrected chi connectivity index (χ3v) is 2.91. The zero-order valence-electron chi connectivity index (χ0n) is 11.9. The van der Waals surface area contributed by atoms with Gasteiger partial charge < -0.3 is 10.2 Å². The molecule has 1 aromatic rings. The second-order valence-electron chi connectivity index (χ2n) is 4.67. The lowest BCUT2D eigenvalue weighted by atomic mass is 10.1. The standard InChI is InChI=1S/C14H20N4O2/c1-3-8-16-14-6-5-13(18(19)20)10-12(14)11-17(2)9-4-7-15/h5-6,10,16H,3-4,8-9,11H2,1-2H3. The van der Waals surface area contributed by atoms with Gasteiger partial charge in [-0.05, 0) is 25.1 Å². The molecule has 0 aliphatic carbocycles. The lowest BCUT2D eigenvalue weighted by Gasteiger charge is -2.18. The van der Waals surface area contributed by atoms with Crippen LogP contribution in [0.5, 0.6) is 0 Å². The van der Waals surface area contributed by atoms with Crippen molar-refractivity contribution in [3.8, 4) is 6.07 Å². The van der Waals surface area contributed by atoms with E-state index in [0.717, 1.165) is 24.2 Å². The monoisotopic (exact) mass is 276 g/mol. The molecule has 0 bridgehead atoms. The van der Waals surface area contributed by atoms with Gasteiger partial charge in [0.25, 0.3) is 5.69 Å². The first-order valence-corrected chi connectivity index (χ1v) is 6.65. The Morgan fingerprint density at radius 2 is 2.25 bits per heavy atom. The van der Waals surface area contributed by atoms with Crippen molar-refractivity contribution in [2.75, 3.05) is 25.5 Å². The maximum atomic E-state index is 10.9. The fraction of sp³-hybridized carbons (Fsp3) is 0.500. The molecule has 0 saturated heterocycles. The van der Waals surface area contributed by atoms with Crippen LogP contribution in [0.25, 0.3) is 0 Å². The average Bonchev–Trinajstić information content (AvgIpc) is 2.43. The van der Waals surface area contributed by atoms with Gasteiger partial charge in [0.15, 0.2) is 0 Å². The lowest BCUT2D eigenvalue weighted by Crippen LogP contribution is -2.20. The van der Waals surface area contributed by atoms with Gasteiger partial charge in [0.2, 0.25) is 0 Å². The first-order chi connectivity index (χ1) is 9.58. The number of hydrogen-bond acceptors (Lipinski definition) is 5. The Morgan fingerprint density at radius 3 is 2.85 bits per heavy atom. The van der Waals surface area contributed by atoms with Gasteiger partial charge in [-0.25, -0.2) is 0 Å². The number of anilines is 1. The fourth-order valence-corrected chi connectivity index (χ4v) is 1.87. The van der Waals surface area contributed by atoms with Crippen molar-refractivity contribution in [3.05, 3.63) is 33.9 Å². The van der Waals surface area contributed by atoms with E-state index in [1.54, 1.807) is 12.1 Å². The number of benzene rings is 1. The van der Waals surface area contributed by atoms with Gasteiger partial charge in [-0.2, -0.15) is 5.26 Å². The average molecular weight is 276 g/mol. The van der Waals surface area contributed by atoms with Crippen molar-refractivity contribution in [1.29, 1.82) is 5.26 Å². The molecule has 1 N–H and O–H groups in total. The smallest absolute Gasteiger partial charge is 0.269 e. The van der Waals surface area contributed by atoms with Crippen molar-refractivity contribution >= 4 is 11.4 Å². The molecule has 0 radical (unpaired) electrons. The molecule has 6 heteroatoms. The number of non-ortho nitro benzene ring substituents is 1.